The van der Waals surface area contributed by atoms with Crippen LogP contribution in [0.5, 0.6) is 0 Å². The first-order valence-corrected chi connectivity index (χ1v) is 8.93. The van der Waals surface area contributed by atoms with Crippen LogP contribution in [0.3, 0.4) is 0 Å². The number of H-pyrrole nitrogens is 1. The molecule has 2 aromatic heterocycles. The highest BCUT2D eigenvalue weighted by Gasteiger charge is 2.20. The number of hydrogen-bond donors (Lipinski definition) is 2. The minimum Gasteiger partial charge on any atom is -0.347 e. The highest BCUT2D eigenvalue weighted by Crippen LogP contribution is 2.32. The zero-order chi connectivity index (χ0) is 17.2. The van der Waals surface area contributed by atoms with Gasteiger partial charge in [-0.3, -0.25) is 5.10 Å². The van der Waals surface area contributed by atoms with Gasteiger partial charge in [0.2, 0.25) is 5.95 Å². The van der Waals surface area contributed by atoms with Crippen LogP contribution in [0.1, 0.15) is 55.5 Å². The third-order valence-corrected chi connectivity index (χ3v) is 4.85. The van der Waals surface area contributed by atoms with E-state index >= 15 is 0 Å². The number of nitrogens with one attached hydrogen (secondary N) is 2. The molecule has 0 radical (unpaired) electrons. The van der Waals surface area contributed by atoms with Gasteiger partial charge in [0.05, 0.1) is 17.9 Å². The normalized spacial score (nSPS) is 16.7. The first-order chi connectivity index (χ1) is 12.2. The van der Waals surface area contributed by atoms with Crippen molar-refractivity contribution in [1.82, 2.24) is 20.2 Å². The first-order valence-electron chi connectivity index (χ1n) is 8.93. The van der Waals surface area contributed by atoms with Crippen LogP contribution in [0.15, 0.2) is 42.7 Å². The monoisotopic (exact) mass is 333 g/mol. The van der Waals surface area contributed by atoms with E-state index in [9.17, 15) is 0 Å². The Labute approximate surface area is 147 Å². The molecule has 1 aromatic carbocycles. The minimum atomic E-state index is 0.272. The molecule has 3 aromatic rings. The van der Waals surface area contributed by atoms with Crippen LogP contribution < -0.4 is 5.32 Å². The van der Waals surface area contributed by atoms with Crippen molar-refractivity contribution < 1.29 is 0 Å². The summed E-state index contributed by atoms with van der Waals surface area (Å²) >= 11 is 0. The van der Waals surface area contributed by atoms with Gasteiger partial charge in [0.25, 0.3) is 0 Å². The van der Waals surface area contributed by atoms with E-state index in [-0.39, 0.29) is 6.04 Å². The fourth-order valence-electron chi connectivity index (χ4n) is 3.58. The summed E-state index contributed by atoms with van der Waals surface area (Å²) in [4.78, 5) is 9.18. The van der Waals surface area contributed by atoms with Gasteiger partial charge in [-0.1, -0.05) is 38.1 Å². The molecule has 1 atom stereocenters. The Morgan fingerprint density at radius 3 is 2.96 bits per heavy atom. The third kappa shape index (κ3) is 3.14. The lowest BCUT2D eigenvalue weighted by Gasteiger charge is -2.26. The van der Waals surface area contributed by atoms with Gasteiger partial charge in [0.1, 0.15) is 0 Å². The predicted molar refractivity (Wildman–Crippen MR) is 99.4 cm³/mol. The molecule has 2 heterocycles. The van der Waals surface area contributed by atoms with Gasteiger partial charge in [0.15, 0.2) is 0 Å². The summed E-state index contributed by atoms with van der Waals surface area (Å²) in [5.74, 6) is 1.05. The lowest BCUT2D eigenvalue weighted by molar-refractivity contribution is 0.596. The number of aromatic amines is 1. The van der Waals surface area contributed by atoms with Crippen molar-refractivity contribution in [2.75, 3.05) is 5.32 Å². The Morgan fingerprint density at radius 2 is 2.08 bits per heavy atom. The fourth-order valence-corrected chi connectivity index (χ4v) is 3.58. The van der Waals surface area contributed by atoms with Crippen LogP contribution >= 0.6 is 0 Å². The molecule has 4 rings (SSSR count). The van der Waals surface area contributed by atoms with Crippen LogP contribution in [-0.4, -0.2) is 20.2 Å². The number of rotatable bonds is 4. The van der Waals surface area contributed by atoms with E-state index in [0.717, 1.165) is 29.8 Å². The van der Waals surface area contributed by atoms with Crippen molar-refractivity contribution in [3.8, 4) is 11.3 Å². The molecular formula is C20H23N5. The molecule has 1 aliphatic rings. The minimum absolute atomic E-state index is 0.272. The maximum atomic E-state index is 4.74. The number of aromatic nitrogens is 4. The quantitative estimate of drug-likeness (QED) is 0.739. The molecule has 5 nitrogen and oxygen atoms in total. The van der Waals surface area contributed by atoms with Gasteiger partial charge in [-0.05, 0) is 42.4 Å². The smallest absolute Gasteiger partial charge is 0.223 e. The van der Waals surface area contributed by atoms with Gasteiger partial charge < -0.3 is 5.32 Å². The van der Waals surface area contributed by atoms with Crippen LogP contribution in [0.4, 0.5) is 5.95 Å². The number of aryl methyl sites for hydroxylation is 1. The SMILES string of the molecule is CC(C)c1[nH]ncc1-c1ccnc(NC2CCCc3ccccc32)n1. The maximum absolute atomic E-state index is 4.74. The Balaban J connectivity index is 1.62. The number of nitrogens with zero attached hydrogens (tertiary/aromatic N) is 3. The van der Waals surface area contributed by atoms with Gasteiger partial charge in [-0.15, -0.1) is 0 Å². The molecule has 0 saturated carbocycles. The number of fused-ring (bicyclic) bond motifs is 1. The summed E-state index contributed by atoms with van der Waals surface area (Å²) in [6, 6.07) is 10.9. The van der Waals surface area contributed by atoms with Gasteiger partial charge in [-0.25, -0.2) is 9.97 Å². The second kappa shape index (κ2) is 6.67. The van der Waals surface area contributed by atoms with Crippen molar-refractivity contribution in [3.63, 3.8) is 0 Å². The van der Waals surface area contributed by atoms with Gasteiger partial charge >= 0.3 is 0 Å². The molecule has 0 aliphatic heterocycles. The van der Waals surface area contributed by atoms with Crippen molar-refractivity contribution >= 4 is 5.95 Å². The van der Waals surface area contributed by atoms with Crippen LogP contribution in [0, 0.1) is 0 Å². The van der Waals surface area contributed by atoms with E-state index in [0.29, 0.717) is 11.9 Å². The highest BCUT2D eigenvalue weighted by atomic mass is 15.1. The molecule has 1 unspecified atom stereocenters. The third-order valence-electron chi connectivity index (χ3n) is 4.85. The van der Waals surface area contributed by atoms with E-state index in [2.05, 4.69) is 58.6 Å². The van der Waals surface area contributed by atoms with Crippen molar-refractivity contribution in [2.45, 2.75) is 45.1 Å². The summed E-state index contributed by atoms with van der Waals surface area (Å²) in [5, 5.41) is 10.8. The Hall–Kier alpha value is -2.69. The molecule has 0 bridgehead atoms. The fraction of sp³-hybridized carbons (Fsp3) is 0.350. The Morgan fingerprint density at radius 1 is 1.20 bits per heavy atom. The molecular weight excluding hydrogens is 310 g/mol. The summed E-state index contributed by atoms with van der Waals surface area (Å²) in [6.45, 7) is 4.30. The van der Waals surface area contributed by atoms with Crippen molar-refractivity contribution in [2.24, 2.45) is 0 Å². The average molecular weight is 333 g/mol. The molecule has 0 spiro atoms. The summed E-state index contributed by atoms with van der Waals surface area (Å²) in [6.07, 6.45) is 7.11. The zero-order valence-corrected chi connectivity index (χ0v) is 14.7. The predicted octanol–water partition coefficient (Wildman–Crippen LogP) is 4.48. The summed E-state index contributed by atoms with van der Waals surface area (Å²) in [5.41, 5.74) is 5.85. The Bertz CT molecular complexity index is 868. The lowest BCUT2D eigenvalue weighted by atomic mass is 9.88. The van der Waals surface area contributed by atoms with E-state index in [1.54, 1.807) is 0 Å². The maximum Gasteiger partial charge on any atom is 0.223 e. The Kier molecular flexibility index (Phi) is 4.22. The molecule has 2 N–H and O–H groups in total. The van der Waals surface area contributed by atoms with E-state index in [1.165, 1.54) is 17.5 Å². The standard InChI is InChI=1S/C20H23N5/c1-13(2)19-16(12-22-25-19)18-10-11-21-20(24-18)23-17-9-5-7-14-6-3-4-8-15(14)17/h3-4,6,8,10-13,17H,5,7,9H2,1-2H3,(H,22,25)(H,21,23,24). The van der Waals surface area contributed by atoms with Crippen molar-refractivity contribution in [1.29, 1.82) is 0 Å². The molecule has 0 saturated heterocycles. The number of hydrogen-bond acceptors (Lipinski definition) is 4. The topological polar surface area (TPSA) is 66.5 Å². The molecule has 128 valence electrons. The van der Waals surface area contributed by atoms with Crippen molar-refractivity contribution in [3.05, 3.63) is 59.5 Å². The first kappa shape index (κ1) is 15.8. The largest absolute Gasteiger partial charge is 0.347 e. The second-order valence-electron chi connectivity index (χ2n) is 6.91. The number of anilines is 1. The molecule has 1 aliphatic carbocycles. The van der Waals surface area contributed by atoms with Gasteiger partial charge in [0, 0.05) is 17.5 Å². The molecule has 0 fully saturated rings. The molecule has 25 heavy (non-hydrogen) atoms. The van der Waals surface area contributed by atoms with Crippen LogP contribution in [0.25, 0.3) is 11.3 Å². The highest BCUT2D eigenvalue weighted by molar-refractivity contribution is 5.62. The van der Waals surface area contributed by atoms with E-state index < -0.39 is 0 Å². The lowest BCUT2D eigenvalue weighted by Crippen LogP contribution is -2.18. The molecule has 0 amide bonds. The van der Waals surface area contributed by atoms with Gasteiger partial charge in [-0.2, -0.15) is 5.10 Å². The number of benzene rings is 1. The second-order valence-corrected chi connectivity index (χ2v) is 6.91. The van der Waals surface area contributed by atoms with E-state index in [4.69, 9.17) is 4.98 Å². The average Bonchev–Trinajstić information content (AvgIpc) is 3.12. The van der Waals surface area contributed by atoms with Crippen LogP contribution in [0.2, 0.25) is 0 Å². The molecule has 5 heteroatoms. The summed E-state index contributed by atoms with van der Waals surface area (Å²) < 4.78 is 0. The zero-order valence-electron chi connectivity index (χ0n) is 14.7. The summed E-state index contributed by atoms with van der Waals surface area (Å²) in [7, 11) is 0. The van der Waals surface area contributed by atoms with E-state index in [1.807, 2.05) is 18.5 Å². The van der Waals surface area contributed by atoms with Crippen LogP contribution in [-0.2, 0) is 6.42 Å².